The Balaban J connectivity index is 2.08. The number of carboxylic acids is 1. The van der Waals surface area contributed by atoms with Crippen molar-refractivity contribution in [3.8, 4) is 5.75 Å². The van der Waals surface area contributed by atoms with Gasteiger partial charge in [0.25, 0.3) is 5.91 Å². The maximum atomic E-state index is 13.4. The molecule has 7 nitrogen and oxygen atoms in total. The molecule has 32 heavy (non-hydrogen) atoms. The van der Waals surface area contributed by atoms with Gasteiger partial charge in [0.05, 0.1) is 30.5 Å². The number of nitrogens with one attached hydrogen (secondary N) is 1. The number of nitrogens with zero attached hydrogens (tertiary/aromatic N) is 1. The van der Waals surface area contributed by atoms with Gasteiger partial charge < -0.3 is 15.2 Å². The summed E-state index contributed by atoms with van der Waals surface area (Å²) < 4.78 is 7.72. The minimum Gasteiger partial charge on any atom is -0.495 e. The molecule has 0 aliphatic carbocycles. The number of carbonyl (C=O) groups excluding carboxylic acids is 2. The van der Waals surface area contributed by atoms with Gasteiger partial charge >= 0.3 is 5.97 Å². The van der Waals surface area contributed by atoms with Crippen LogP contribution in [0.15, 0.2) is 40.9 Å². The van der Waals surface area contributed by atoms with Crippen molar-refractivity contribution in [1.29, 1.82) is 0 Å². The molecule has 0 aliphatic rings. The normalized spacial score (nSPS) is 11.9. The van der Waals surface area contributed by atoms with Crippen LogP contribution in [0.25, 0.3) is 10.9 Å². The number of amides is 1. The van der Waals surface area contributed by atoms with Crippen LogP contribution < -0.4 is 10.1 Å². The van der Waals surface area contributed by atoms with Gasteiger partial charge in [0.2, 0.25) is 5.91 Å². The summed E-state index contributed by atoms with van der Waals surface area (Å²) in [7, 11) is 1.49. The molecule has 0 spiro atoms. The number of benzene rings is 2. The molecule has 1 heterocycles. The second-order valence-corrected chi connectivity index (χ2v) is 8.78. The molecule has 168 valence electrons. The number of methoxy groups -OCH3 is 1. The van der Waals surface area contributed by atoms with Crippen molar-refractivity contribution in [3.05, 3.63) is 62.7 Å². The fourth-order valence-corrected chi connectivity index (χ4v) is 4.14. The SMILES string of the molecule is COc1cc2c(CC(=O)NC(C)CC(=O)O)c(C)n(C(=O)c3ccc(Br)cc3)c2cc1Cl. The van der Waals surface area contributed by atoms with Crippen LogP contribution in [0.4, 0.5) is 0 Å². The Morgan fingerprint density at radius 3 is 2.47 bits per heavy atom. The predicted octanol–water partition coefficient (Wildman–Crippen LogP) is 4.58. The van der Waals surface area contributed by atoms with Gasteiger partial charge in [-0.2, -0.15) is 0 Å². The molecular formula is C23H22BrClN2O5. The molecule has 9 heteroatoms. The summed E-state index contributed by atoms with van der Waals surface area (Å²) in [5.74, 6) is -1.17. The fourth-order valence-electron chi connectivity index (χ4n) is 3.64. The van der Waals surface area contributed by atoms with Gasteiger partial charge in [-0.05, 0) is 55.8 Å². The lowest BCUT2D eigenvalue weighted by Gasteiger charge is -2.12. The van der Waals surface area contributed by atoms with Gasteiger partial charge in [0.1, 0.15) is 5.75 Å². The summed E-state index contributed by atoms with van der Waals surface area (Å²) in [5.41, 5.74) is 2.27. The molecule has 3 rings (SSSR count). The van der Waals surface area contributed by atoms with E-state index in [1.165, 1.54) is 11.7 Å². The molecule has 1 amide bonds. The van der Waals surface area contributed by atoms with Crippen molar-refractivity contribution < 1.29 is 24.2 Å². The number of carboxylic acid groups (broad SMARTS) is 1. The minimum absolute atomic E-state index is 0.0301. The third-order valence-corrected chi connectivity index (χ3v) is 5.95. The van der Waals surface area contributed by atoms with Crippen molar-refractivity contribution in [2.24, 2.45) is 0 Å². The Hall–Kier alpha value is -2.84. The van der Waals surface area contributed by atoms with Gasteiger partial charge in [-0.15, -0.1) is 0 Å². The lowest BCUT2D eigenvalue weighted by Crippen LogP contribution is -2.35. The molecule has 2 aromatic carbocycles. The van der Waals surface area contributed by atoms with Crippen LogP contribution in [0.2, 0.25) is 5.02 Å². The van der Waals surface area contributed by atoms with E-state index in [2.05, 4.69) is 21.2 Å². The van der Waals surface area contributed by atoms with E-state index < -0.39 is 12.0 Å². The lowest BCUT2D eigenvalue weighted by molar-refractivity contribution is -0.137. The number of aliphatic carboxylic acids is 1. The average Bonchev–Trinajstić information content (AvgIpc) is 2.97. The number of carbonyl (C=O) groups is 3. The number of rotatable bonds is 7. The lowest BCUT2D eigenvalue weighted by atomic mass is 10.1. The summed E-state index contributed by atoms with van der Waals surface area (Å²) in [6.07, 6.45) is -0.213. The first kappa shape index (κ1) is 23.8. The summed E-state index contributed by atoms with van der Waals surface area (Å²) >= 11 is 9.71. The average molecular weight is 522 g/mol. The van der Waals surface area contributed by atoms with Gasteiger partial charge in [-0.3, -0.25) is 19.0 Å². The first-order chi connectivity index (χ1) is 15.1. The Morgan fingerprint density at radius 2 is 1.88 bits per heavy atom. The van der Waals surface area contributed by atoms with Gasteiger partial charge in [-0.25, -0.2) is 0 Å². The van der Waals surface area contributed by atoms with E-state index >= 15 is 0 Å². The summed E-state index contributed by atoms with van der Waals surface area (Å²) in [6.45, 7) is 3.39. The third kappa shape index (κ3) is 4.97. The van der Waals surface area contributed by atoms with Gasteiger partial charge in [0.15, 0.2) is 0 Å². The maximum Gasteiger partial charge on any atom is 0.305 e. The van der Waals surface area contributed by atoms with Crippen molar-refractivity contribution in [1.82, 2.24) is 9.88 Å². The molecule has 1 aromatic heterocycles. The smallest absolute Gasteiger partial charge is 0.305 e. The molecule has 0 saturated heterocycles. The van der Waals surface area contributed by atoms with Crippen molar-refractivity contribution in [2.45, 2.75) is 32.7 Å². The standard InChI is InChI=1S/C23H22BrClN2O5/c1-12(8-22(29)30)26-21(28)10-16-13(2)27(23(31)14-4-6-15(24)7-5-14)19-11-18(25)20(32-3)9-17(16)19/h4-7,9,11-12H,8,10H2,1-3H3,(H,26,28)(H,29,30). The summed E-state index contributed by atoms with van der Waals surface area (Å²) in [5, 5.41) is 12.6. The quantitative estimate of drug-likeness (QED) is 0.474. The zero-order valence-electron chi connectivity index (χ0n) is 17.7. The highest BCUT2D eigenvalue weighted by Crippen LogP contribution is 2.35. The number of fused-ring (bicyclic) bond motifs is 1. The molecule has 1 unspecified atom stereocenters. The number of hydrogen-bond donors (Lipinski definition) is 2. The minimum atomic E-state index is -0.995. The highest BCUT2D eigenvalue weighted by molar-refractivity contribution is 9.10. The van der Waals surface area contributed by atoms with Crippen molar-refractivity contribution in [2.75, 3.05) is 7.11 Å². The molecular weight excluding hydrogens is 500 g/mol. The Morgan fingerprint density at radius 1 is 1.22 bits per heavy atom. The van der Waals surface area contributed by atoms with Crippen LogP contribution in [0.5, 0.6) is 5.75 Å². The number of hydrogen-bond acceptors (Lipinski definition) is 4. The van der Waals surface area contributed by atoms with Crippen LogP contribution in [-0.2, 0) is 16.0 Å². The van der Waals surface area contributed by atoms with E-state index in [-0.39, 0.29) is 24.7 Å². The Bertz CT molecular complexity index is 1200. The Labute approximate surface area is 198 Å². The molecule has 3 aromatic rings. The number of halogens is 2. The Kier molecular flexibility index (Phi) is 7.26. The van der Waals surface area contributed by atoms with E-state index in [0.29, 0.717) is 38.5 Å². The highest BCUT2D eigenvalue weighted by atomic mass is 79.9. The molecule has 0 fully saturated rings. The fraction of sp³-hybridized carbons (Fsp3) is 0.261. The second kappa shape index (κ2) is 9.75. The zero-order valence-corrected chi connectivity index (χ0v) is 20.1. The van der Waals surface area contributed by atoms with Crippen LogP contribution in [-0.4, -0.2) is 40.6 Å². The molecule has 1 atom stereocenters. The molecule has 0 bridgehead atoms. The number of ether oxygens (including phenoxy) is 1. The van der Waals surface area contributed by atoms with E-state index in [9.17, 15) is 14.4 Å². The van der Waals surface area contributed by atoms with Crippen molar-refractivity contribution in [3.63, 3.8) is 0 Å². The largest absolute Gasteiger partial charge is 0.495 e. The molecule has 0 aliphatic heterocycles. The first-order valence-corrected chi connectivity index (χ1v) is 11.0. The van der Waals surface area contributed by atoms with Gasteiger partial charge in [-0.1, -0.05) is 27.5 Å². The number of aromatic nitrogens is 1. The summed E-state index contributed by atoms with van der Waals surface area (Å²) in [4.78, 5) is 36.9. The molecule has 2 N–H and O–H groups in total. The topological polar surface area (TPSA) is 97.6 Å². The monoisotopic (exact) mass is 520 g/mol. The van der Waals surface area contributed by atoms with Crippen LogP contribution in [0, 0.1) is 6.92 Å². The highest BCUT2D eigenvalue weighted by Gasteiger charge is 2.23. The van der Waals surface area contributed by atoms with Gasteiger partial charge in [0, 0.05) is 27.2 Å². The van der Waals surface area contributed by atoms with E-state index in [4.69, 9.17) is 21.4 Å². The first-order valence-electron chi connectivity index (χ1n) is 9.81. The molecule has 0 saturated carbocycles. The molecule has 0 radical (unpaired) electrons. The maximum absolute atomic E-state index is 13.4. The summed E-state index contributed by atoms with van der Waals surface area (Å²) in [6, 6.07) is 9.81. The van der Waals surface area contributed by atoms with Crippen LogP contribution in [0.1, 0.15) is 35.0 Å². The van der Waals surface area contributed by atoms with Crippen molar-refractivity contribution >= 4 is 56.2 Å². The zero-order chi connectivity index (χ0) is 23.6. The van der Waals surface area contributed by atoms with E-state index in [0.717, 1.165) is 4.47 Å². The predicted molar refractivity (Wildman–Crippen MR) is 126 cm³/mol. The van der Waals surface area contributed by atoms with Crippen LogP contribution in [0.3, 0.4) is 0 Å². The third-order valence-electron chi connectivity index (χ3n) is 5.13. The van der Waals surface area contributed by atoms with E-state index in [1.807, 2.05) is 0 Å². The van der Waals surface area contributed by atoms with E-state index in [1.54, 1.807) is 50.2 Å². The van der Waals surface area contributed by atoms with Crippen LogP contribution >= 0.6 is 27.5 Å². The second-order valence-electron chi connectivity index (χ2n) is 7.46.